The molecule has 0 radical (unpaired) electrons. The molecule has 0 amide bonds. The predicted octanol–water partition coefficient (Wildman–Crippen LogP) is 6.10. The third-order valence-electron chi connectivity index (χ3n) is 6.69. The molecule has 1 saturated heterocycles. The smallest absolute Gasteiger partial charge is 0.165 e. The largest absolute Gasteiger partial charge is 0.347 e. The maximum atomic E-state index is 13.0. The number of hydrogen-bond donors (Lipinski definition) is 0. The Hall–Kier alpha value is -2.39. The number of rotatable bonds is 7. The molecule has 0 bridgehead atoms. The Morgan fingerprint density at radius 1 is 1.03 bits per heavy atom. The molecule has 0 aliphatic carbocycles. The number of aryl methyl sites for hydroxylation is 1. The summed E-state index contributed by atoms with van der Waals surface area (Å²) >= 11 is 0. The quantitative estimate of drug-likeness (QED) is 0.457. The van der Waals surface area contributed by atoms with Gasteiger partial charge in [0.25, 0.3) is 0 Å². The van der Waals surface area contributed by atoms with Crippen molar-refractivity contribution >= 4 is 16.7 Å². The fraction of sp³-hybridized carbons (Fsp3) is 0.423. The second-order valence-corrected chi connectivity index (χ2v) is 8.37. The lowest BCUT2D eigenvalue weighted by molar-refractivity contribution is 0.0953. The van der Waals surface area contributed by atoms with Crippen LogP contribution in [-0.2, 0) is 6.54 Å². The van der Waals surface area contributed by atoms with Crippen molar-refractivity contribution in [1.29, 1.82) is 0 Å². The van der Waals surface area contributed by atoms with E-state index in [-0.39, 0.29) is 0 Å². The summed E-state index contributed by atoms with van der Waals surface area (Å²) in [6, 6.07) is 19.5. The highest BCUT2D eigenvalue weighted by atomic mass is 16.1. The molecule has 1 fully saturated rings. The average Bonchev–Trinajstić information content (AvgIpc) is 3.17. The van der Waals surface area contributed by atoms with Crippen LogP contribution in [-0.4, -0.2) is 28.3 Å². The number of carbonyl (C=O) groups is 1. The van der Waals surface area contributed by atoms with Crippen molar-refractivity contribution in [2.45, 2.75) is 52.1 Å². The molecule has 1 atom stereocenters. The van der Waals surface area contributed by atoms with Crippen LogP contribution in [0.4, 0.5) is 0 Å². The van der Waals surface area contributed by atoms with E-state index in [0.29, 0.717) is 24.2 Å². The fourth-order valence-corrected chi connectivity index (χ4v) is 4.77. The molecule has 1 aliphatic heterocycles. The Kier molecular flexibility index (Phi) is 6.15. The van der Waals surface area contributed by atoms with Crippen LogP contribution in [0.1, 0.15) is 61.5 Å². The predicted molar refractivity (Wildman–Crippen MR) is 120 cm³/mol. The molecule has 29 heavy (non-hydrogen) atoms. The standard InChI is InChI=1S/C26H32N2O/c1-3-27-19-24(23-11-7-8-12-25(23)27)26(29)14-13-21-15-17-28(18-16-21)20(2)22-9-5-4-6-10-22/h4-12,19-21H,3,13-18H2,1-2H3. The normalized spacial score (nSPS) is 16.9. The first kappa shape index (κ1) is 19.9. The summed E-state index contributed by atoms with van der Waals surface area (Å²) in [6.07, 6.45) is 6.12. The van der Waals surface area contributed by atoms with Crippen LogP contribution < -0.4 is 0 Å². The third kappa shape index (κ3) is 4.30. The number of fused-ring (bicyclic) bond motifs is 1. The van der Waals surface area contributed by atoms with E-state index in [1.165, 1.54) is 23.9 Å². The minimum atomic E-state index is 0.300. The lowest BCUT2D eigenvalue weighted by atomic mass is 9.89. The molecule has 3 nitrogen and oxygen atoms in total. The summed E-state index contributed by atoms with van der Waals surface area (Å²) in [7, 11) is 0. The summed E-state index contributed by atoms with van der Waals surface area (Å²) in [6.45, 7) is 7.59. The van der Waals surface area contributed by atoms with Gasteiger partial charge < -0.3 is 4.57 Å². The summed E-state index contributed by atoms with van der Waals surface area (Å²) < 4.78 is 2.19. The van der Waals surface area contributed by atoms with Gasteiger partial charge in [-0.3, -0.25) is 9.69 Å². The second kappa shape index (κ2) is 8.96. The minimum Gasteiger partial charge on any atom is -0.347 e. The summed E-state index contributed by atoms with van der Waals surface area (Å²) in [5.41, 5.74) is 3.47. The van der Waals surface area contributed by atoms with Gasteiger partial charge in [-0.15, -0.1) is 0 Å². The van der Waals surface area contributed by atoms with Gasteiger partial charge in [0.05, 0.1) is 0 Å². The number of aromatic nitrogens is 1. The Bertz CT molecular complexity index is 951. The van der Waals surface area contributed by atoms with E-state index in [1.807, 2.05) is 12.1 Å². The highest BCUT2D eigenvalue weighted by molar-refractivity contribution is 6.08. The number of ketones is 1. The number of likely N-dealkylation sites (tertiary alicyclic amines) is 1. The minimum absolute atomic E-state index is 0.300. The Morgan fingerprint density at radius 3 is 2.45 bits per heavy atom. The third-order valence-corrected chi connectivity index (χ3v) is 6.69. The van der Waals surface area contributed by atoms with E-state index in [9.17, 15) is 4.79 Å². The van der Waals surface area contributed by atoms with Crippen molar-refractivity contribution < 1.29 is 4.79 Å². The lowest BCUT2D eigenvalue weighted by Gasteiger charge is -2.36. The number of piperidine rings is 1. The Balaban J connectivity index is 1.32. The van der Waals surface area contributed by atoms with Crippen molar-refractivity contribution in [2.75, 3.05) is 13.1 Å². The highest BCUT2D eigenvalue weighted by Gasteiger charge is 2.24. The van der Waals surface area contributed by atoms with Gasteiger partial charge in [0.1, 0.15) is 0 Å². The van der Waals surface area contributed by atoms with Gasteiger partial charge in [0, 0.05) is 41.7 Å². The molecular weight excluding hydrogens is 356 g/mol. The zero-order valence-electron chi connectivity index (χ0n) is 17.7. The van der Waals surface area contributed by atoms with Crippen LogP contribution in [0, 0.1) is 5.92 Å². The van der Waals surface area contributed by atoms with Gasteiger partial charge in [-0.05, 0) is 63.7 Å². The van der Waals surface area contributed by atoms with Crippen LogP contribution >= 0.6 is 0 Å². The molecule has 3 aromatic rings. The number of para-hydroxylation sites is 1. The molecule has 152 valence electrons. The molecule has 4 rings (SSSR count). The maximum absolute atomic E-state index is 13.0. The SMILES string of the molecule is CCn1cc(C(=O)CCC2CCN(C(C)c3ccccc3)CC2)c2ccccc21. The van der Waals surface area contributed by atoms with E-state index in [4.69, 9.17) is 0 Å². The molecular formula is C26H32N2O. The van der Waals surface area contributed by atoms with E-state index >= 15 is 0 Å². The molecule has 0 N–H and O–H groups in total. The number of carbonyl (C=O) groups excluding carboxylic acids is 1. The van der Waals surface area contributed by atoms with Crippen LogP contribution in [0.25, 0.3) is 10.9 Å². The van der Waals surface area contributed by atoms with Crippen molar-refractivity contribution in [3.63, 3.8) is 0 Å². The van der Waals surface area contributed by atoms with Gasteiger partial charge in [0.2, 0.25) is 0 Å². The lowest BCUT2D eigenvalue weighted by Crippen LogP contribution is -2.35. The van der Waals surface area contributed by atoms with E-state index in [2.05, 4.69) is 72.0 Å². The van der Waals surface area contributed by atoms with Crippen LogP contribution in [0.15, 0.2) is 60.8 Å². The van der Waals surface area contributed by atoms with E-state index < -0.39 is 0 Å². The number of benzene rings is 2. The molecule has 0 spiro atoms. The van der Waals surface area contributed by atoms with Gasteiger partial charge in [-0.2, -0.15) is 0 Å². The van der Waals surface area contributed by atoms with Crippen molar-refractivity contribution in [3.8, 4) is 0 Å². The summed E-state index contributed by atoms with van der Waals surface area (Å²) in [5.74, 6) is 0.964. The van der Waals surface area contributed by atoms with Gasteiger partial charge in [0.15, 0.2) is 5.78 Å². The molecule has 1 unspecified atom stereocenters. The maximum Gasteiger partial charge on any atom is 0.165 e. The van der Waals surface area contributed by atoms with Gasteiger partial charge >= 0.3 is 0 Å². The molecule has 0 saturated carbocycles. The first-order valence-electron chi connectivity index (χ1n) is 11.1. The van der Waals surface area contributed by atoms with Crippen LogP contribution in [0.2, 0.25) is 0 Å². The highest BCUT2D eigenvalue weighted by Crippen LogP contribution is 2.30. The number of Topliss-reactive ketones (excluding diaryl/α,β-unsaturated/α-hetero) is 1. The molecule has 1 aliphatic rings. The van der Waals surface area contributed by atoms with Gasteiger partial charge in [-0.25, -0.2) is 0 Å². The van der Waals surface area contributed by atoms with E-state index in [1.54, 1.807) is 0 Å². The van der Waals surface area contributed by atoms with Crippen molar-refractivity contribution in [1.82, 2.24) is 9.47 Å². The monoisotopic (exact) mass is 388 g/mol. The number of nitrogens with zero attached hydrogens (tertiary/aromatic N) is 2. The van der Waals surface area contributed by atoms with Gasteiger partial charge in [-0.1, -0.05) is 48.5 Å². The number of hydrogen-bond acceptors (Lipinski definition) is 2. The zero-order valence-corrected chi connectivity index (χ0v) is 17.7. The average molecular weight is 389 g/mol. The molecule has 3 heteroatoms. The molecule has 2 aromatic carbocycles. The fourth-order valence-electron chi connectivity index (χ4n) is 4.77. The Morgan fingerprint density at radius 2 is 1.72 bits per heavy atom. The Labute approximate surface area is 174 Å². The molecule has 1 aromatic heterocycles. The summed E-state index contributed by atoms with van der Waals surface area (Å²) in [5, 5.41) is 1.10. The van der Waals surface area contributed by atoms with Crippen LogP contribution in [0.5, 0.6) is 0 Å². The second-order valence-electron chi connectivity index (χ2n) is 8.37. The first-order valence-corrected chi connectivity index (χ1v) is 11.1. The van der Waals surface area contributed by atoms with E-state index in [0.717, 1.165) is 37.0 Å². The summed E-state index contributed by atoms with van der Waals surface area (Å²) in [4.78, 5) is 15.6. The zero-order chi connectivity index (χ0) is 20.2. The first-order chi connectivity index (χ1) is 14.2. The van der Waals surface area contributed by atoms with Crippen LogP contribution in [0.3, 0.4) is 0 Å². The van der Waals surface area contributed by atoms with Crippen molar-refractivity contribution in [2.24, 2.45) is 5.92 Å². The topological polar surface area (TPSA) is 25.2 Å². The van der Waals surface area contributed by atoms with Crippen molar-refractivity contribution in [3.05, 3.63) is 71.9 Å². The molecule has 2 heterocycles.